The summed E-state index contributed by atoms with van der Waals surface area (Å²) in [5.74, 6) is 0.702. The Bertz CT molecular complexity index is 1460. The van der Waals surface area contributed by atoms with Crippen molar-refractivity contribution in [3.05, 3.63) is 105 Å². The second-order valence-electron chi connectivity index (χ2n) is 11.0. The van der Waals surface area contributed by atoms with E-state index in [4.69, 9.17) is 9.47 Å². The van der Waals surface area contributed by atoms with E-state index in [0.29, 0.717) is 12.0 Å². The number of ether oxygens (including phenoxy) is 2. The van der Waals surface area contributed by atoms with Gasteiger partial charge in [-0.25, -0.2) is 4.79 Å². The first kappa shape index (κ1) is 26.5. The van der Waals surface area contributed by atoms with Crippen LogP contribution < -0.4 is 4.74 Å². The molecule has 4 nitrogen and oxygen atoms in total. The van der Waals surface area contributed by atoms with Crippen molar-refractivity contribution in [1.82, 2.24) is 4.90 Å². The van der Waals surface area contributed by atoms with Crippen LogP contribution in [0.25, 0.3) is 17.2 Å². The molecule has 1 aliphatic carbocycles. The van der Waals surface area contributed by atoms with Crippen LogP contribution in [0.15, 0.2) is 66.2 Å². The van der Waals surface area contributed by atoms with E-state index in [9.17, 15) is 9.18 Å². The maximum Gasteiger partial charge on any atom is 0.337 e. The van der Waals surface area contributed by atoms with Gasteiger partial charge in [0.2, 0.25) is 0 Å². The van der Waals surface area contributed by atoms with E-state index in [1.165, 1.54) is 57.2 Å². The predicted molar refractivity (Wildman–Crippen MR) is 158 cm³/mol. The average Bonchev–Trinajstić information content (AvgIpc) is 3.17. The van der Waals surface area contributed by atoms with Gasteiger partial charge in [-0.1, -0.05) is 48.5 Å². The summed E-state index contributed by atoms with van der Waals surface area (Å²) in [6.07, 6.45) is 7.78. The number of alkyl halides is 1. The molecular formula is C35H36FNO3. The molecule has 0 aromatic heterocycles. The Balaban J connectivity index is 1.42. The van der Waals surface area contributed by atoms with Gasteiger partial charge in [0.05, 0.1) is 26.0 Å². The molecule has 1 saturated heterocycles. The van der Waals surface area contributed by atoms with Gasteiger partial charge in [0.25, 0.3) is 0 Å². The maximum absolute atomic E-state index is 12.5. The lowest BCUT2D eigenvalue weighted by Crippen LogP contribution is -2.40. The fourth-order valence-electron chi connectivity index (χ4n) is 6.35. The second kappa shape index (κ2) is 11.8. The molecule has 2 aliphatic heterocycles. The normalized spacial score (nSPS) is 16.8. The Kier molecular flexibility index (Phi) is 7.83. The fourth-order valence-corrected chi connectivity index (χ4v) is 6.35. The van der Waals surface area contributed by atoms with E-state index in [1.54, 1.807) is 0 Å². The van der Waals surface area contributed by atoms with Crippen molar-refractivity contribution in [3.8, 4) is 5.75 Å². The van der Waals surface area contributed by atoms with Crippen molar-refractivity contribution in [2.24, 2.45) is 0 Å². The van der Waals surface area contributed by atoms with Crippen LogP contribution in [0.2, 0.25) is 0 Å². The Morgan fingerprint density at radius 2 is 1.85 bits per heavy atom. The molecule has 206 valence electrons. The van der Waals surface area contributed by atoms with E-state index in [1.807, 2.05) is 12.1 Å². The Morgan fingerprint density at radius 1 is 1.00 bits per heavy atom. The fraction of sp³-hybridized carbons (Fsp3) is 0.343. The number of methoxy groups -OCH3 is 1. The zero-order valence-corrected chi connectivity index (χ0v) is 23.2. The van der Waals surface area contributed by atoms with Gasteiger partial charge < -0.3 is 9.47 Å². The van der Waals surface area contributed by atoms with Crippen LogP contribution in [0.4, 0.5) is 4.39 Å². The molecule has 0 atom stereocenters. The van der Waals surface area contributed by atoms with E-state index in [2.05, 4.69) is 59.5 Å². The minimum absolute atomic E-state index is 0.249. The molecule has 5 heteroatoms. The topological polar surface area (TPSA) is 38.8 Å². The van der Waals surface area contributed by atoms with Crippen molar-refractivity contribution in [2.45, 2.75) is 38.5 Å². The van der Waals surface area contributed by atoms with E-state index < -0.39 is 0 Å². The highest BCUT2D eigenvalue weighted by molar-refractivity contribution is 6.01. The molecule has 0 amide bonds. The number of hydrogen-bond donors (Lipinski definition) is 0. The van der Waals surface area contributed by atoms with Gasteiger partial charge in [-0.15, -0.1) is 0 Å². The SMILES string of the molecule is COC(=O)c1ccc2c(c1)CCCC(c1cccc3c1CCCO3)=C2c1ccc(C=C2CN(CCCF)C2)cc1. The lowest BCUT2D eigenvalue weighted by atomic mass is 9.84. The van der Waals surface area contributed by atoms with Gasteiger partial charge in [0, 0.05) is 25.2 Å². The molecule has 3 aliphatic rings. The number of nitrogens with zero attached hydrogens (tertiary/aromatic N) is 1. The van der Waals surface area contributed by atoms with Gasteiger partial charge in [0.1, 0.15) is 5.75 Å². The monoisotopic (exact) mass is 537 g/mol. The summed E-state index contributed by atoms with van der Waals surface area (Å²) < 4.78 is 23.6. The molecule has 2 heterocycles. The standard InChI is InChI=1S/C35H36FNO3/c1-39-35(38)28-15-16-29-27(21-28)6-2-8-32(30-7-3-10-33-31(30)9-4-19-40-33)34(29)26-13-11-24(12-14-26)20-25-22-37(23-25)18-5-17-36/h3,7,10-16,20-21H,2,4-6,8-9,17-19,22-23H2,1H3. The molecule has 0 spiro atoms. The first-order valence-electron chi connectivity index (χ1n) is 14.4. The number of aryl methyl sites for hydroxylation is 1. The van der Waals surface area contributed by atoms with Gasteiger partial charge >= 0.3 is 5.97 Å². The largest absolute Gasteiger partial charge is 0.493 e. The summed E-state index contributed by atoms with van der Waals surface area (Å²) in [4.78, 5) is 14.6. The van der Waals surface area contributed by atoms with Crippen LogP contribution in [-0.2, 0) is 17.6 Å². The third-order valence-corrected chi connectivity index (χ3v) is 8.29. The lowest BCUT2D eigenvalue weighted by molar-refractivity contribution is 0.0600. The zero-order chi connectivity index (χ0) is 27.5. The molecule has 0 saturated carbocycles. The third kappa shape index (κ3) is 5.35. The number of esters is 1. The number of fused-ring (bicyclic) bond motifs is 2. The second-order valence-corrected chi connectivity index (χ2v) is 11.0. The summed E-state index contributed by atoms with van der Waals surface area (Å²) in [5, 5.41) is 0. The number of hydrogen-bond acceptors (Lipinski definition) is 4. The Labute approximate surface area is 236 Å². The molecule has 6 rings (SSSR count). The van der Waals surface area contributed by atoms with Gasteiger partial charge in [-0.2, -0.15) is 0 Å². The molecule has 1 fully saturated rings. The first-order chi connectivity index (χ1) is 19.6. The molecule has 3 aromatic carbocycles. The van der Waals surface area contributed by atoms with Crippen molar-refractivity contribution < 1.29 is 18.7 Å². The number of likely N-dealkylation sites (tertiary alicyclic amines) is 1. The summed E-state index contributed by atoms with van der Waals surface area (Å²) in [6, 6.07) is 21.3. The number of carbonyl (C=O) groups excluding carboxylic acids is 1. The number of benzene rings is 3. The Morgan fingerprint density at radius 3 is 2.65 bits per heavy atom. The van der Waals surface area contributed by atoms with Crippen LogP contribution in [0.3, 0.4) is 0 Å². The average molecular weight is 538 g/mol. The number of carbonyl (C=O) groups is 1. The van der Waals surface area contributed by atoms with Crippen molar-refractivity contribution >= 4 is 23.2 Å². The number of halogens is 1. The highest BCUT2D eigenvalue weighted by Crippen LogP contribution is 2.43. The number of allylic oxidation sites excluding steroid dienone is 1. The van der Waals surface area contributed by atoms with Crippen molar-refractivity contribution in [3.63, 3.8) is 0 Å². The summed E-state index contributed by atoms with van der Waals surface area (Å²) in [6.45, 7) is 3.20. The van der Waals surface area contributed by atoms with E-state index in [0.717, 1.165) is 64.1 Å². The van der Waals surface area contributed by atoms with Crippen LogP contribution >= 0.6 is 0 Å². The highest BCUT2D eigenvalue weighted by atomic mass is 19.1. The quantitative estimate of drug-likeness (QED) is 0.300. The molecule has 0 unspecified atom stereocenters. The first-order valence-corrected chi connectivity index (χ1v) is 14.4. The van der Waals surface area contributed by atoms with Gasteiger partial charge in [-0.05, 0) is 101 Å². The summed E-state index contributed by atoms with van der Waals surface area (Å²) in [7, 11) is 1.43. The zero-order valence-electron chi connectivity index (χ0n) is 23.2. The molecule has 40 heavy (non-hydrogen) atoms. The summed E-state index contributed by atoms with van der Waals surface area (Å²) >= 11 is 0. The van der Waals surface area contributed by atoms with Crippen molar-refractivity contribution in [1.29, 1.82) is 0 Å². The number of rotatable bonds is 7. The Hall–Kier alpha value is -3.70. The molecule has 0 N–H and O–H groups in total. The van der Waals surface area contributed by atoms with Crippen LogP contribution in [0.5, 0.6) is 5.75 Å². The van der Waals surface area contributed by atoms with Crippen LogP contribution in [-0.4, -0.2) is 50.9 Å². The predicted octanol–water partition coefficient (Wildman–Crippen LogP) is 7.15. The van der Waals surface area contributed by atoms with Crippen LogP contribution in [0.1, 0.15) is 69.4 Å². The lowest BCUT2D eigenvalue weighted by Gasteiger charge is -2.33. The minimum atomic E-state index is -0.302. The molecular weight excluding hydrogens is 501 g/mol. The van der Waals surface area contributed by atoms with Gasteiger partial charge in [0.15, 0.2) is 0 Å². The minimum Gasteiger partial charge on any atom is -0.493 e. The third-order valence-electron chi connectivity index (χ3n) is 8.29. The van der Waals surface area contributed by atoms with E-state index in [-0.39, 0.29) is 12.6 Å². The maximum atomic E-state index is 12.5. The van der Waals surface area contributed by atoms with E-state index >= 15 is 0 Å². The highest BCUT2D eigenvalue weighted by Gasteiger charge is 2.25. The summed E-state index contributed by atoms with van der Waals surface area (Å²) in [5.41, 5.74) is 11.9. The van der Waals surface area contributed by atoms with Crippen molar-refractivity contribution in [2.75, 3.05) is 40.0 Å². The van der Waals surface area contributed by atoms with Crippen LogP contribution in [0, 0.1) is 0 Å². The molecule has 0 radical (unpaired) electrons. The smallest absolute Gasteiger partial charge is 0.337 e. The molecule has 3 aromatic rings. The molecule has 0 bridgehead atoms. The van der Waals surface area contributed by atoms with Gasteiger partial charge in [-0.3, -0.25) is 9.29 Å².